The second-order valence-corrected chi connectivity index (χ2v) is 11.0. The lowest BCUT2D eigenvalue weighted by molar-refractivity contribution is -0.135. The number of hydrogen-bond acceptors (Lipinski definition) is 8. The van der Waals surface area contributed by atoms with Crippen molar-refractivity contribution in [3.63, 3.8) is 0 Å². The number of carbonyl (C=O) groups excluding carboxylic acids is 2. The highest BCUT2D eigenvalue weighted by atomic mass is 16.5. The molecule has 0 bridgehead atoms. The maximum absolute atomic E-state index is 12.4. The summed E-state index contributed by atoms with van der Waals surface area (Å²) in [7, 11) is 0. The van der Waals surface area contributed by atoms with Gasteiger partial charge in [0.15, 0.2) is 13.5 Å². The quantitative estimate of drug-likeness (QED) is 0.0758. The number of fused-ring (bicyclic) bond motifs is 2. The largest absolute Gasteiger partial charge is 0.473 e. The van der Waals surface area contributed by atoms with E-state index < -0.39 is 0 Å². The number of rotatable bonds is 11. The number of anilines is 2. The van der Waals surface area contributed by atoms with Gasteiger partial charge < -0.3 is 28.7 Å². The summed E-state index contributed by atoms with van der Waals surface area (Å²) in [4.78, 5) is 29.1. The zero-order valence-electron chi connectivity index (χ0n) is 25.1. The van der Waals surface area contributed by atoms with E-state index in [0.717, 1.165) is 40.4 Å². The minimum atomic E-state index is -0.290. The van der Waals surface area contributed by atoms with Crippen LogP contribution in [0.2, 0.25) is 0 Å². The van der Waals surface area contributed by atoms with Gasteiger partial charge in [-0.2, -0.15) is 0 Å². The first-order valence-electron chi connectivity index (χ1n) is 15.3. The van der Waals surface area contributed by atoms with Crippen molar-refractivity contribution in [3.8, 4) is 23.0 Å². The van der Waals surface area contributed by atoms with Gasteiger partial charge in [0.25, 0.3) is 0 Å². The molecule has 0 fully saturated rings. The maximum Gasteiger partial charge on any atom is 0.311 e. The van der Waals surface area contributed by atoms with Crippen LogP contribution in [0.25, 0.3) is 0 Å². The van der Waals surface area contributed by atoms with Crippen LogP contribution in [0.1, 0.15) is 43.2 Å². The molecule has 2 aliphatic heterocycles. The average molecular weight is 605 g/mol. The molecule has 8 nitrogen and oxygen atoms in total. The molecule has 6 rings (SSSR count). The van der Waals surface area contributed by atoms with Gasteiger partial charge in [0.05, 0.1) is 0 Å². The smallest absolute Gasteiger partial charge is 0.311 e. The molecule has 0 atom stereocenters. The molecule has 0 saturated heterocycles. The summed E-state index contributed by atoms with van der Waals surface area (Å²) < 4.78 is 22.9. The molecule has 0 saturated carbocycles. The second-order valence-electron chi connectivity index (χ2n) is 11.0. The highest BCUT2D eigenvalue weighted by molar-refractivity contribution is 5.73. The van der Waals surface area contributed by atoms with Gasteiger partial charge in [0.2, 0.25) is 0 Å². The minimum Gasteiger partial charge on any atom is -0.473 e. The van der Waals surface area contributed by atoms with E-state index in [0.29, 0.717) is 57.3 Å². The Morgan fingerprint density at radius 2 is 1.11 bits per heavy atom. The zero-order chi connectivity index (χ0) is 30.8. The van der Waals surface area contributed by atoms with Gasteiger partial charge in [-0.05, 0) is 79.9 Å². The highest BCUT2D eigenvalue weighted by Crippen LogP contribution is 2.32. The fourth-order valence-corrected chi connectivity index (χ4v) is 5.34. The molecule has 0 N–H and O–H groups in total. The molecular weight excluding hydrogens is 568 g/mol. The molecular formula is C37H36N2O6. The number of benzene rings is 4. The van der Waals surface area contributed by atoms with E-state index in [4.69, 9.17) is 18.9 Å². The fourth-order valence-electron chi connectivity index (χ4n) is 5.34. The van der Waals surface area contributed by atoms with Crippen LogP contribution in [0.15, 0.2) is 109 Å². The molecule has 0 aromatic heterocycles. The van der Waals surface area contributed by atoms with Crippen LogP contribution < -0.4 is 28.7 Å². The predicted octanol–water partition coefficient (Wildman–Crippen LogP) is 7.42. The first-order chi connectivity index (χ1) is 22.1. The Hall–Kier alpha value is -5.24. The van der Waals surface area contributed by atoms with Crippen LogP contribution in [0.3, 0.4) is 0 Å². The first-order valence-corrected chi connectivity index (χ1v) is 15.3. The third-order valence-electron chi connectivity index (χ3n) is 7.68. The lowest BCUT2D eigenvalue weighted by Crippen LogP contribution is -2.31. The number of ether oxygens (including phenoxy) is 4. The number of esters is 2. The highest BCUT2D eigenvalue weighted by Gasteiger charge is 2.20. The number of carbonyl (C=O) groups is 2. The molecule has 230 valence electrons. The van der Waals surface area contributed by atoms with Crippen LogP contribution >= 0.6 is 0 Å². The van der Waals surface area contributed by atoms with Gasteiger partial charge in [-0.1, -0.05) is 48.6 Å². The molecule has 0 aliphatic carbocycles. The molecule has 0 radical (unpaired) electrons. The Balaban J connectivity index is 0.885. The van der Waals surface area contributed by atoms with Gasteiger partial charge in [-0.15, -0.1) is 0 Å². The van der Waals surface area contributed by atoms with E-state index in [9.17, 15) is 9.59 Å². The van der Waals surface area contributed by atoms with Gasteiger partial charge in [-0.3, -0.25) is 9.59 Å². The van der Waals surface area contributed by atoms with E-state index >= 15 is 0 Å². The average Bonchev–Trinajstić information content (AvgIpc) is 3.08. The predicted molar refractivity (Wildman–Crippen MR) is 173 cm³/mol. The monoisotopic (exact) mass is 604 g/mol. The summed E-state index contributed by atoms with van der Waals surface area (Å²) >= 11 is 0. The second kappa shape index (κ2) is 14.5. The zero-order valence-corrected chi connectivity index (χ0v) is 25.1. The van der Waals surface area contributed by atoms with Crippen molar-refractivity contribution >= 4 is 23.3 Å². The molecule has 4 aromatic carbocycles. The number of unbranched alkanes of at least 4 members (excludes halogenated alkanes) is 1. The standard InChI is InChI=1S/C37H36N2O6/c40-36(44-32-18-20-34-28(22-32)24-38(26-42-34)30-12-6-4-7-13-30)16-10-2-1-3-11-17-37(41)45-33-19-21-35-29(23-33)25-39(27-43-35)31-14-8-5-9-15-31/h1-2,4-9,12-15,18-23H,3,10-11,16-17,24-27H2/b2-1+. The van der Waals surface area contributed by atoms with Gasteiger partial charge >= 0.3 is 11.9 Å². The topological polar surface area (TPSA) is 77.5 Å². The summed E-state index contributed by atoms with van der Waals surface area (Å²) in [6.07, 6.45) is 6.46. The Morgan fingerprint density at radius 3 is 1.64 bits per heavy atom. The van der Waals surface area contributed by atoms with Crippen molar-refractivity contribution in [1.29, 1.82) is 0 Å². The minimum absolute atomic E-state index is 0.270. The fraction of sp³-hybridized carbons (Fsp3) is 0.243. The number of hydrogen-bond donors (Lipinski definition) is 0. The molecule has 4 aromatic rings. The lowest BCUT2D eigenvalue weighted by Gasteiger charge is -2.30. The van der Waals surface area contributed by atoms with E-state index in [2.05, 4.69) is 9.80 Å². The summed E-state index contributed by atoms with van der Waals surface area (Å²) in [6.45, 7) is 2.31. The molecule has 0 spiro atoms. The van der Waals surface area contributed by atoms with Crippen LogP contribution in [0.5, 0.6) is 23.0 Å². The van der Waals surface area contributed by atoms with Crippen molar-refractivity contribution in [1.82, 2.24) is 0 Å². The van der Waals surface area contributed by atoms with Crippen molar-refractivity contribution in [2.75, 3.05) is 23.3 Å². The van der Waals surface area contributed by atoms with E-state index in [1.807, 2.05) is 97.1 Å². The molecule has 45 heavy (non-hydrogen) atoms. The first kappa shape index (κ1) is 29.8. The van der Waals surface area contributed by atoms with Crippen molar-refractivity contribution in [2.24, 2.45) is 0 Å². The molecule has 0 unspecified atom stereocenters. The van der Waals surface area contributed by atoms with Gasteiger partial charge in [0.1, 0.15) is 23.0 Å². The Morgan fingerprint density at radius 1 is 0.622 bits per heavy atom. The third-order valence-corrected chi connectivity index (χ3v) is 7.68. The van der Waals surface area contributed by atoms with Crippen molar-refractivity contribution in [3.05, 3.63) is 120 Å². The maximum atomic E-state index is 12.4. The van der Waals surface area contributed by atoms with Crippen molar-refractivity contribution < 1.29 is 28.5 Å². The number of nitrogens with zero attached hydrogens (tertiary/aromatic N) is 2. The van der Waals surface area contributed by atoms with E-state index in [1.54, 1.807) is 12.1 Å². The van der Waals surface area contributed by atoms with E-state index in [-0.39, 0.29) is 18.4 Å². The summed E-state index contributed by atoms with van der Waals surface area (Å²) in [5.41, 5.74) is 4.11. The van der Waals surface area contributed by atoms with Gasteiger partial charge in [0, 0.05) is 48.4 Å². The Bertz CT molecular complexity index is 1640. The molecule has 0 amide bonds. The van der Waals surface area contributed by atoms with Crippen LogP contribution in [-0.4, -0.2) is 25.4 Å². The number of para-hydroxylation sites is 2. The molecule has 2 heterocycles. The van der Waals surface area contributed by atoms with Gasteiger partial charge in [-0.25, -0.2) is 0 Å². The van der Waals surface area contributed by atoms with E-state index in [1.165, 1.54) is 0 Å². The Kier molecular flexibility index (Phi) is 9.60. The Labute approximate surface area is 263 Å². The SMILES string of the molecule is O=C(CC/C=C/CCCC(=O)Oc1ccc2c(c1)CN(c1ccccc1)CO2)Oc1ccc2c(c1)CN(c1ccccc1)CO2. The third kappa shape index (κ3) is 8.03. The molecule has 8 heteroatoms. The van der Waals surface area contributed by atoms with Crippen LogP contribution in [-0.2, 0) is 22.7 Å². The normalized spacial score (nSPS) is 13.8. The summed E-state index contributed by atoms with van der Waals surface area (Å²) in [6, 6.07) is 31.1. The molecule has 2 aliphatic rings. The van der Waals surface area contributed by atoms with Crippen molar-refractivity contribution in [2.45, 2.75) is 45.2 Å². The van der Waals surface area contributed by atoms with Crippen LogP contribution in [0, 0.1) is 0 Å². The van der Waals surface area contributed by atoms with Crippen LogP contribution in [0.4, 0.5) is 11.4 Å². The lowest BCUT2D eigenvalue weighted by atomic mass is 10.1. The summed E-state index contributed by atoms with van der Waals surface area (Å²) in [5, 5.41) is 0. The number of allylic oxidation sites excluding steroid dienone is 2. The summed E-state index contributed by atoms with van der Waals surface area (Å²) in [5.74, 6) is 2.09.